The maximum atomic E-state index is 14.2. The molecule has 0 fully saturated rings. The fraction of sp³-hybridized carbons (Fsp3) is 0.182. The Kier molecular flexibility index (Phi) is 6.11. The van der Waals surface area contributed by atoms with Crippen molar-refractivity contribution in [3.63, 3.8) is 0 Å². The van der Waals surface area contributed by atoms with Gasteiger partial charge in [0.05, 0.1) is 17.1 Å². The average molecular weight is 447 g/mol. The van der Waals surface area contributed by atoms with Crippen molar-refractivity contribution in [3.05, 3.63) is 92.6 Å². The molecule has 1 aliphatic heterocycles. The summed E-state index contributed by atoms with van der Waals surface area (Å²) in [6, 6.07) is 14.1. The van der Waals surface area contributed by atoms with E-state index in [0.29, 0.717) is 16.3 Å². The molecule has 0 saturated heterocycles. The molecule has 4 rings (SSSR count). The summed E-state index contributed by atoms with van der Waals surface area (Å²) in [5, 5.41) is 6.57. The summed E-state index contributed by atoms with van der Waals surface area (Å²) in [5.41, 5.74) is 1.88. The van der Waals surface area contributed by atoms with Gasteiger partial charge in [0.25, 0.3) is 5.91 Å². The minimum Gasteiger partial charge on any atom is -0.390 e. The molecule has 3 aromatic rings. The molecule has 1 aliphatic rings. The molecular formula is C22H17ClF2N2O2S. The molecule has 1 atom stereocenters. The van der Waals surface area contributed by atoms with E-state index in [4.69, 9.17) is 16.4 Å². The third-order valence-corrected chi connectivity index (χ3v) is 5.84. The Bertz CT molecular complexity index is 1070. The molecule has 1 amide bonds. The van der Waals surface area contributed by atoms with Crippen LogP contribution in [0.2, 0.25) is 5.02 Å². The van der Waals surface area contributed by atoms with Gasteiger partial charge in [0, 0.05) is 29.6 Å². The van der Waals surface area contributed by atoms with Crippen LogP contribution in [-0.4, -0.2) is 29.2 Å². The molecule has 0 bridgehead atoms. The van der Waals surface area contributed by atoms with Gasteiger partial charge in [-0.05, 0) is 35.2 Å². The molecular weight excluding hydrogens is 430 g/mol. The maximum Gasteiger partial charge on any atom is 0.264 e. The van der Waals surface area contributed by atoms with E-state index in [-0.39, 0.29) is 30.7 Å². The van der Waals surface area contributed by atoms with Gasteiger partial charge >= 0.3 is 0 Å². The van der Waals surface area contributed by atoms with Gasteiger partial charge in [0.2, 0.25) is 0 Å². The lowest BCUT2D eigenvalue weighted by molar-refractivity contribution is 0.0406. The quantitative estimate of drug-likeness (QED) is 0.500. The van der Waals surface area contributed by atoms with E-state index in [1.165, 1.54) is 28.4 Å². The third-order valence-electron chi connectivity index (χ3n) is 4.73. The first-order valence-electron chi connectivity index (χ1n) is 9.25. The zero-order valence-corrected chi connectivity index (χ0v) is 17.3. The van der Waals surface area contributed by atoms with Crippen molar-refractivity contribution >= 4 is 34.6 Å². The van der Waals surface area contributed by atoms with Gasteiger partial charge < -0.3 is 9.74 Å². The Morgan fingerprint density at radius 3 is 2.70 bits per heavy atom. The van der Waals surface area contributed by atoms with Crippen LogP contribution in [0.3, 0.4) is 0 Å². The van der Waals surface area contributed by atoms with Crippen LogP contribution in [0.4, 0.5) is 8.78 Å². The fourth-order valence-electron chi connectivity index (χ4n) is 3.22. The number of nitrogens with zero attached hydrogens (tertiary/aromatic N) is 2. The highest BCUT2D eigenvalue weighted by molar-refractivity contribution is 7.12. The highest BCUT2D eigenvalue weighted by atomic mass is 35.5. The number of thiophene rings is 1. The third kappa shape index (κ3) is 4.68. The summed E-state index contributed by atoms with van der Waals surface area (Å²) in [7, 11) is 0. The SMILES string of the molecule is O=C(c1cccs1)N(Cc1ccc(F)cc1F)C[C@@H]1CC(c2ccc(Cl)cc2)=NO1. The monoisotopic (exact) mass is 446 g/mol. The maximum absolute atomic E-state index is 14.2. The lowest BCUT2D eigenvalue weighted by Crippen LogP contribution is -2.37. The Morgan fingerprint density at radius 1 is 1.20 bits per heavy atom. The predicted molar refractivity (Wildman–Crippen MR) is 113 cm³/mol. The summed E-state index contributed by atoms with van der Waals surface area (Å²) in [5.74, 6) is -1.59. The minimum absolute atomic E-state index is 0.00101. The largest absolute Gasteiger partial charge is 0.390 e. The van der Waals surface area contributed by atoms with Gasteiger partial charge in [-0.1, -0.05) is 41.0 Å². The van der Waals surface area contributed by atoms with Crippen LogP contribution in [0, 0.1) is 11.6 Å². The molecule has 0 unspecified atom stereocenters. The lowest BCUT2D eigenvalue weighted by Gasteiger charge is -2.24. The number of oxime groups is 1. The van der Waals surface area contributed by atoms with E-state index in [1.54, 1.807) is 29.6 Å². The van der Waals surface area contributed by atoms with E-state index < -0.39 is 11.6 Å². The summed E-state index contributed by atoms with van der Waals surface area (Å²) in [6.45, 7) is 0.215. The topological polar surface area (TPSA) is 41.9 Å². The average Bonchev–Trinajstić information content (AvgIpc) is 3.42. The van der Waals surface area contributed by atoms with Crippen LogP contribution in [0.25, 0.3) is 0 Å². The number of halogens is 3. The van der Waals surface area contributed by atoms with Crippen molar-refractivity contribution in [2.75, 3.05) is 6.54 Å². The number of benzene rings is 2. The zero-order valence-electron chi connectivity index (χ0n) is 15.7. The highest BCUT2D eigenvalue weighted by Crippen LogP contribution is 2.22. The summed E-state index contributed by atoms with van der Waals surface area (Å²) in [6.07, 6.45) is 0.130. The van der Waals surface area contributed by atoms with Crippen molar-refractivity contribution in [1.82, 2.24) is 4.90 Å². The normalized spacial score (nSPS) is 15.6. The summed E-state index contributed by atoms with van der Waals surface area (Å²) in [4.78, 5) is 20.6. The first-order chi connectivity index (χ1) is 14.5. The van der Waals surface area contributed by atoms with Gasteiger partial charge in [-0.15, -0.1) is 11.3 Å². The van der Waals surface area contributed by atoms with Crippen molar-refractivity contribution in [2.24, 2.45) is 5.16 Å². The molecule has 0 saturated carbocycles. The number of carbonyl (C=O) groups is 1. The van der Waals surface area contributed by atoms with Crippen molar-refractivity contribution in [1.29, 1.82) is 0 Å². The van der Waals surface area contributed by atoms with Gasteiger partial charge in [-0.3, -0.25) is 4.79 Å². The Morgan fingerprint density at radius 2 is 2.00 bits per heavy atom. The summed E-state index contributed by atoms with van der Waals surface area (Å²) < 4.78 is 27.5. The Labute approximate surface area is 181 Å². The van der Waals surface area contributed by atoms with Gasteiger partial charge in [0.1, 0.15) is 11.6 Å². The van der Waals surface area contributed by atoms with Crippen LogP contribution in [0.15, 0.2) is 65.1 Å². The standard InChI is InChI=1S/C22H17ClF2N2O2S/c23-16-6-3-14(4-7-16)20-11-18(29-26-20)13-27(22(28)21-2-1-9-30-21)12-15-5-8-17(24)10-19(15)25/h1-10,18H,11-13H2/t18-/m0/s1. The molecule has 2 heterocycles. The molecule has 2 aromatic carbocycles. The van der Waals surface area contributed by atoms with Crippen molar-refractivity contribution in [2.45, 2.75) is 19.1 Å². The van der Waals surface area contributed by atoms with E-state index in [2.05, 4.69) is 5.16 Å². The molecule has 1 aromatic heterocycles. The van der Waals surface area contributed by atoms with Gasteiger partial charge in [-0.2, -0.15) is 0 Å². The van der Waals surface area contributed by atoms with Crippen molar-refractivity contribution < 1.29 is 18.4 Å². The van der Waals surface area contributed by atoms with E-state index >= 15 is 0 Å². The number of amides is 1. The van der Waals surface area contributed by atoms with E-state index in [9.17, 15) is 13.6 Å². The predicted octanol–water partition coefficient (Wildman–Crippen LogP) is 5.52. The van der Waals surface area contributed by atoms with Gasteiger partial charge in [-0.25, -0.2) is 8.78 Å². The molecule has 0 aliphatic carbocycles. The smallest absolute Gasteiger partial charge is 0.264 e. The molecule has 0 radical (unpaired) electrons. The second kappa shape index (κ2) is 8.93. The highest BCUT2D eigenvalue weighted by Gasteiger charge is 2.28. The van der Waals surface area contributed by atoms with Crippen LogP contribution in [0.5, 0.6) is 0 Å². The second-order valence-corrected chi connectivity index (χ2v) is 8.26. The van der Waals surface area contributed by atoms with Crippen LogP contribution >= 0.6 is 22.9 Å². The molecule has 0 N–H and O–H groups in total. The zero-order chi connectivity index (χ0) is 21.1. The first-order valence-corrected chi connectivity index (χ1v) is 10.5. The molecule has 4 nitrogen and oxygen atoms in total. The number of hydrogen-bond donors (Lipinski definition) is 0. The molecule has 30 heavy (non-hydrogen) atoms. The number of rotatable bonds is 6. The van der Waals surface area contributed by atoms with Crippen LogP contribution < -0.4 is 0 Å². The second-order valence-electron chi connectivity index (χ2n) is 6.88. The van der Waals surface area contributed by atoms with E-state index in [0.717, 1.165) is 17.3 Å². The van der Waals surface area contributed by atoms with E-state index in [1.807, 2.05) is 12.1 Å². The molecule has 0 spiro atoms. The van der Waals surface area contributed by atoms with Gasteiger partial charge in [0.15, 0.2) is 6.10 Å². The van der Waals surface area contributed by atoms with Crippen LogP contribution in [-0.2, 0) is 11.4 Å². The fourth-order valence-corrected chi connectivity index (χ4v) is 4.03. The molecule has 154 valence electrons. The lowest BCUT2D eigenvalue weighted by atomic mass is 10.0. The first kappa shape index (κ1) is 20.5. The number of carbonyl (C=O) groups excluding carboxylic acids is 1. The summed E-state index contributed by atoms with van der Waals surface area (Å²) >= 11 is 7.24. The molecule has 8 heteroatoms. The van der Waals surface area contributed by atoms with Crippen molar-refractivity contribution in [3.8, 4) is 0 Å². The minimum atomic E-state index is -0.690. The Balaban J connectivity index is 1.50. The van der Waals surface area contributed by atoms with Crippen LogP contribution in [0.1, 0.15) is 27.2 Å². The number of hydrogen-bond acceptors (Lipinski definition) is 4. The Hall–Kier alpha value is -2.77.